The molecule has 0 unspecified atom stereocenters. The van der Waals surface area contributed by atoms with Crippen LogP contribution in [-0.4, -0.2) is 53.6 Å². The summed E-state index contributed by atoms with van der Waals surface area (Å²) >= 11 is 0. The van der Waals surface area contributed by atoms with E-state index in [2.05, 4.69) is 15.2 Å². The topological polar surface area (TPSA) is 103 Å². The molecule has 1 atom stereocenters. The number of aliphatic hydroxyl groups excluding tert-OH is 1. The van der Waals surface area contributed by atoms with Crippen molar-refractivity contribution in [2.75, 3.05) is 20.8 Å². The van der Waals surface area contributed by atoms with Crippen LogP contribution >= 0.6 is 0 Å². The lowest BCUT2D eigenvalue weighted by Crippen LogP contribution is -2.44. The van der Waals surface area contributed by atoms with Gasteiger partial charge in [0, 0.05) is 18.2 Å². The van der Waals surface area contributed by atoms with Gasteiger partial charge in [-0.25, -0.2) is 9.48 Å². The highest BCUT2D eigenvalue weighted by Crippen LogP contribution is 2.22. The minimum Gasteiger partial charge on any atom is -0.497 e. The van der Waals surface area contributed by atoms with E-state index < -0.39 is 18.6 Å². The number of rotatable bonds is 8. The first-order valence-electron chi connectivity index (χ1n) is 8.58. The van der Waals surface area contributed by atoms with E-state index in [1.165, 1.54) is 7.11 Å². The van der Waals surface area contributed by atoms with Crippen molar-refractivity contribution in [1.82, 2.24) is 15.1 Å². The van der Waals surface area contributed by atoms with E-state index >= 15 is 0 Å². The fourth-order valence-corrected chi connectivity index (χ4v) is 2.86. The van der Waals surface area contributed by atoms with Gasteiger partial charge in [0.05, 0.1) is 32.2 Å². The molecule has 2 rings (SSSR count). The minimum atomic E-state index is -1.05. The molecule has 0 saturated heterocycles. The van der Waals surface area contributed by atoms with Gasteiger partial charge in [-0.1, -0.05) is 6.07 Å². The highest BCUT2D eigenvalue weighted by molar-refractivity contribution is 5.84. The van der Waals surface area contributed by atoms with Crippen LogP contribution in [0.2, 0.25) is 0 Å². The maximum Gasteiger partial charge on any atom is 0.330 e. The molecule has 1 heterocycles. The molecule has 146 valence electrons. The molecule has 0 radical (unpaired) electrons. The predicted molar refractivity (Wildman–Crippen MR) is 98.9 cm³/mol. The van der Waals surface area contributed by atoms with Gasteiger partial charge in [0.1, 0.15) is 5.75 Å². The van der Waals surface area contributed by atoms with Gasteiger partial charge in [0.25, 0.3) is 0 Å². The van der Waals surface area contributed by atoms with E-state index in [9.17, 15) is 14.7 Å². The Hall–Kier alpha value is -2.87. The van der Waals surface area contributed by atoms with Gasteiger partial charge in [0.15, 0.2) is 6.04 Å². The van der Waals surface area contributed by atoms with Crippen molar-refractivity contribution >= 4 is 11.9 Å². The number of nitrogens with zero attached hydrogens (tertiary/aromatic N) is 2. The maximum atomic E-state index is 12.1. The molecule has 0 bridgehead atoms. The molecule has 0 fully saturated rings. The van der Waals surface area contributed by atoms with Crippen molar-refractivity contribution < 1.29 is 24.2 Å². The first-order chi connectivity index (χ1) is 12.9. The second-order valence-electron chi connectivity index (χ2n) is 6.09. The number of hydrogen-bond donors (Lipinski definition) is 2. The zero-order chi connectivity index (χ0) is 20.0. The SMILES string of the molecule is COC(=O)[C@H](CO)NC(=O)CCc1c(C)nn(-c2cccc(OC)c2)c1C. The molecule has 8 heteroatoms. The van der Waals surface area contributed by atoms with E-state index in [4.69, 9.17) is 4.74 Å². The third-order valence-electron chi connectivity index (χ3n) is 4.34. The monoisotopic (exact) mass is 375 g/mol. The molecule has 1 aromatic carbocycles. The molecule has 27 heavy (non-hydrogen) atoms. The Kier molecular flexibility index (Phi) is 6.95. The Morgan fingerprint density at radius 3 is 2.67 bits per heavy atom. The molecular weight excluding hydrogens is 350 g/mol. The quantitative estimate of drug-likeness (QED) is 0.670. The van der Waals surface area contributed by atoms with E-state index in [1.807, 2.05) is 42.8 Å². The van der Waals surface area contributed by atoms with E-state index in [0.717, 1.165) is 28.4 Å². The van der Waals surface area contributed by atoms with Crippen LogP contribution in [0.4, 0.5) is 0 Å². The molecule has 0 aliphatic heterocycles. The largest absolute Gasteiger partial charge is 0.497 e. The van der Waals surface area contributed by atoms with Crippen LogP contribution in [-0.2, 0) is 20.7 Å². The molecule has 0 aliphatic rings. The van der Waals surface area contributed by atoms with E-state index in [1.54, 1.807) is 7.11 Å². The van der Waals surface area contributed by atoms with Crippen molar-refractivity contribution in [2.24, 2.45) is 0 Å². The molecule has 0 spiro atoms. The van der Waals surface area contributed by atoms with Gasteiger partial charge < -0.3 is 19.9 Å². The number of esters is 1. The van der Waals surface area contributed by atoms with Gasteiger partial charge in [0.2, 0.25) is 5.91 Å². The smallest absolute Gasteiger partial charge is 0.330 e. The van der Waals surface area contributed by atoms with Crippen molar-refractivity contribution in [1.29, 1.82) is 0 Å². The fourth-order valence-electron chi connectivity index (χ4n) is 2.86. The number of aliphatic hydroxyl groups is 1. The number of carbonyl (C=O) groups is 2. The van der Waals surface area contributed by atoms with Crippen molar-refractivity contribution in [3.63, 3.8) is 0 Å². The summed E-state index contributed by atoms with van der Waals surface area (Å²) in [4.78, 5) is 23.6. The average Bonchev–Trinajstić information content (AvgIpc) is 2.97. The van der Waals surface area contributed by atoms with Crippen LogP contribution < -0.4 is 10.1 Å². The average molecular weight is 375 g/mol. The van der Waals surface area contributed by atoms with Crippen LogP contribution in [0.3, 0.4) is 0 Å². The number of benzene rings is 1. The molecule has 1 amide bonds. The number of aromatic nitrogens is 2. The lowest BCUT2D eigenvalue weighted by molar-refractivity contribution is -0.146. The third-order valence-corrected chi connectivity index (χ3v) is 4.34. The molecule has 0 saturated carbocycles. The van der Waals surface area contributed by atoms with Gasteiger partial charge >= 0.3 is 5.97 Å². The third kappa shape index (κ3) is 4.85. The second-order valence-corrected chi connectivity index (χ2v) is 6.09. The van der Waals surface area contributed by atoms with Crippen molar-refractivity contribution in [3.05, 3.63) is 41.2 Å². The summed E-state index contributed by atoms with van der Waals surface area (Å²) in [5.41, 5.74) is 3.60. The standard InChI is InChI=1S/C19H25N3O5/c1-12-16(8-9-18(24)20-17(11-23)19(25)27-4)13(2)22(21-12)14-6-5-7-15(10-14)26-3/h5-7,10,17,23H,8-9,11H2,1-4H3,(H,20,24)/t17-/m0/s1. The van der Waals surface area contributed by atoms with Crippen LogP contribution in [0, 0.1) is 13.8 Å². The molecule has 2 aromatic rings. The van der Waals surface area contributed by atoms with Gasteiger partial charge in [-0.2, -0.15) is 5.10 Å². The molecule has 1 aromatic heterocycles. The van der Waals surface area contributed by atoms with Gasteiger partial charge in [-0.3, -0.25) is 4.79 Å². The number of nitrogens with one attached hydrogen (secondary N) is 1. The molecule has 2 N–H and O–H groups in total. The lowest BCUT2D eigenvalue weighted by Gasteiger charge is -2.13. The summed E-state index contributed by atoms with van der Waals surface area (Å²) in [5, 5.41) is 16.2. The fraction of sp³-hybridized carbons (Fsp3) is 0.421. The van der Waals surface area contributed by atoms with Crippen molar-refractivity contribution in [2.45, 2.75) is 32.7 Å². The lowest BCUT2D eigenvalue weighted by atomic mass is 10.1. The Bertz CT molecular complexity index is 816. The van der Waals surface area contributed by atoms with Gasteiger partial charge in [-0.05, 0) is 38.0 Å². The minimum absolute atomic E-state index is 0.166. The Labute approximate surface area is 158 Å². The Morgan fingerprint density at radius 1 is 1.30 bits per heavy atom. The summed E-state index contributed by atoms with van der Waals surface area (Å²) in [5.74, 6) is -0.282. The highest BCUT2D eigenvalue weighted by atomic mass is 16.5. The highest BCUT2D eigenvalue weighted by Gasteiger charge is 2.21. The second kappa shape index (κ2) is 9.18. The number of amides is 1. The number of ether oxygens (including phenoxy) is 2. The van der Waals surface area contributed by atoms with Gasteiger partial charge in [-0.15, -0.1) is 0 Å². The predicted octanol–water partition coefficient (Wildman–Crippen LogP) is 1.08. The molecular formula is C19H25N3O5. The first kappa shape index (κ1) is 20.4. The summed E-state index contributed by atoms with van der Waals surface area (Å²) < 4.78 is 11.6. The normalized spacial score (nSPS) is 11.7. The van der Waals surface area contributed by atoms with Crippen LogP contribution in [0.25, 0.3) is 5.69 Å². The Balaban J connectivity index is 2.10. The van der Waals surface area contributed by atoms with E-state index in [0.29, 0.717) is 6.42 Å². The summed E-state index contributed by atoms with van der Waals surface area (Å²) in [6.45, 7) is 3.32. The summed E-state index contributed by atoms with van der Waals surface area (Å²) in [6.07, 6.45) is 0.631. The number of aryl methyl sites for hydroxylation is 1. The van der Waals surface area contributed by atoms with Crippen molar-refractivity contribution in [3.8, 4) is 11.4 Å². The summed E-state index contributed by atoms with van der Waals surface area (Å²) in [6, 6.07) is 6.52. The Morgan fingerprint density at radius 2 is 2.04 bits per heavy atom. The number of hydrogen-bond acceptors (Lipinski definition) is 6. The maximum absolute atomic E-state index is 12.1. The molecule has 8 nitrogen and oxygen atoms in total. The summed E-state index contributed by atoms with van der Waals surface area (Å²) in [7, 11) is 2.81. The zero-order valence-electron chi connectivity index (χ0n) is 16.0. The van der Waals surface area contributed by atoms with Crippen LogP contribution in [0.1, 0.15) is 23.4 Å². The zero-order valence-corrected chi connectivity index (χ0v) is 16.0. The van der Waals surface area contributed by atoms with Crippen LogP contribution in [0.15, 0.2) is 24.3 Å². The number of carbonyl (C=O) groups excluding carboxylic acids is 2. The molecule has 0 aliphatic carbocycles. The van der Waals surface area contributed by atoms with E-state index in [-0.39, 0.29) is 12.3 Å². The first-order valence-corrected chi connectivity index (χ1v) is 8.58. The number of methoxy groups -OCH3 is 2. The van der Waals surface area contributed by atoms with Crippen LogP contribution in [0.5, 0.6) is 5.75 Å².